The molecule has 0 saturated carbocycles. The Balaban J connectivity index is 1.92. The van der Waals surface area contributed by atoms with Gasteiger partial charge in [-0.15, -0.1) is 11.6 Å². The Hall–Kier alpha value is -1.51. The molecule has 3 aromatic carbocycles. The number of fused-ring (bicyclic) bond motifs is 1. The number of ether oxygens (including phenoxy) is 1. The largest absolute Gasteiger partial charge is 0.457 e. The highest BCUT2D eigenvalue weighted by atomic mass is 79.9. The van der Waals surface area contributed by atoms with Gasteiger partial charge in [0.25, 0.3) is 0 Å². The third kappa shape index (κ3) is 2.97. The summed E-state index contributed by atoms with van der Waals surface area (Å²) >= 11 is 9.31. The first-order valence-corrected chi connectivity index (χ1v) is 7.59. The van der Waals surface area contributed by atoms with Crippen molar-refractivity contribution >= 4 is 38.3 Å². The van der Waals surface area contributed by atoms with E-state index in [0.29, 0.717) is 5.88 Å². The standard InChI is InChI=1S/C17H12BrClO/c18-15-6-4-14-10-17(7-5-13(14)9-15)20-16-3-1-2-12(8-16)11-19/h1-10H,11H2. The summed E-state index contributed by atoms with van der Waals surface area (Å²) in [5.41, 5.74) is 1.05. The fourth-order valence-electron chi connectivity index (χ4n) is 2.09. The fraction of sp³-hybridized carbons (Fsp3) is 0.0588. The van der Waals surface area contributed by atoms with Crippen LogP contribution in [0, 0.1) is 0 Å². The van der Waals surface area contributed by atoms with Gasteiger partial charge >= 0.3 is 0 Å². The maximum atomic E-state index is 5.89. The Kier molecular flexibility index (Phi) is 3.95. The maximum Gasteiger partial charge on any atom is 0.128 e. The third-order valence-electron chi connectivity index (χ3n) is 3.06. The molecule has 100 valence electrons. The van der Waals surface area contributed by atoms with Gasteiger partial charge in [-0.25, -0.2) is 0 Å². The first-order valence-electron chi connectivity index (χ1n) is 6.27. The van der Waals surface area contributed by atoms with E-state index in [2.05, 4.69) is 34.1 Å². The molecule has 0 heterocycles. The van der Waals surface area contributed by atoms with Crippen molar-refractivity contribution in [3.63, 3.8) is 0 Å². The monoisotopic (exact) mass is 346 g/mol. The van der Waals surface area contributed by atoms with Crippen molar-refractivity contribution in [2.24, 2.45) is 0 Å². The Morgan fingerprint density at radius 3 is 2.45 bits per heavy atom. The van der Waals surface area contributed by atoms with Crippen LogP contribution < -0.4 is 4.74 Å². The molecule has 3 rings (SSSR count). The average Bonchev–Trinajstić information content (AvgIpc) is 2.47. The number of halogens is 2. The summed E-state index contributed by atoms with van der Waals surface area (Å²) < 4.78 is 6.97. The van der Waals surface area contributed by atoms with Gasteiger partial charge in [-0.2, -0.15) is 0 Å². The minimum Gasteiger partial charge on any atom is -0.457 e. The molecule has 0 fully saturated rings. The molecule has 0 atom stereocenters. The Bertz CT molecular complexity index is 755. The van der Waals surface area contributed by atoms with Crippen LogP contribution in [0.15, 0.2) is 65.1 Å². The molecule has 0 aromatic heterocycles. The summed E-state index contributed by atoms with van der Waals surface area (Å²) in [6.45, 7) is 0. The van der Waals surface area contributed by atoms with Crippen molar-refractivity contribution in [3.8, 4) is 11.5 Å². The summed E-state index contributed by atoms with van der Waals surface area (Å²) in [5, 5.41) is 2.33. The molecule has 3 heteroatoms. The zero-order valence-electron chi connectivity index (χ0n) is 10.6. The van der Waals surface area contributed by atoms with Crippen LogP contribution in [-0.4, -0.2) is 0 Å². The molecule has 20 heavy (non-hydrogen) atoms. The topological polar surface area (TPSA) is 9.23 Å². The highest BCUT2D eigenvalue weighted by Gasteiger charge is 2.01. The van der Waals surface area contributed by atoms with Crippen LogP contribution in [0.1, 0.15) is 5.56 Å². The molecular formula is C17H12BrClO. The Labute approximate surface area is 131 Å². The van der Waals surface area contributed by atoms with Gasteiger partial charge in [-0.05, 0) is 52.7 Å². The van der Waals surface area contributed by atoms with E-state index in [1.165, 1.54) is 5.39 Å². The Morgan fingerprint density at radius 2 is 1.60 bits per heavy atom. The lowest BCUT2D eigenvalue weighted by atomic mass is 10.1. The maximum absolute atomic E-state index is 5.89. The highest BCUT2D eigenvalue weighted by Crippen LogP contribution is 2.28. The lowest BCUT2D eigenvalue weighted by Crippen LogP contribution is -1.86. The molecule has 0 aliphatic carbocycles. The molecule has 3 aromatic rings. The zero-order chi connectivity index (χ0) is 13.9. The van der Waals surface area contributed by atoms with Gasteiger partial charge in [-0.1, -0.05) is 40.2 Å². The van der Waals surface area contributed by atoms with Crippen molar-refractivity contribution in [1.82, 2.24) is 0 Å². The molecule has 0 aliphatic heterocycles. The molecule has 0 spiro atoms. The Morgan fingerprint density at radius 1 is 0.850 bits per heavy atom. The zero-order valence-corrected chi connectivity index (χ0v) is 13.0. The number of hydrogen-bond acceptors (Lipinski definition) is 1. The van der Waals surface area contributed by atoms with Crippen molar-refractivity contribution in [3.05, 3.63) is 70.7 Å². The fourth-order valence-corrected chi connectivity index (χ4v) is 2.63. The van der Waals surface area contributed by atoms with Crippen molar-refractivity contribution in [2.45, 2.75) is 5.88 Å². The van der Waals surface area contributed by atoms with Crippen LogP contribution >= 0.6 is 27.5 Å². The van der Waals surface area contributed by atoms with Gasteiger partial charge in [0.2, 0.25) is 0 Å². The van der Waals surface area contributed by atoms with Crippen LogP contribution in [-0.2, 0) is 5.88 Å². The molecule has 1 nitrogen and oxygen atoms in total. The van der Waals surface area contributed by atoms with E-state index in [-0.39, 0.29) is 0 Å². The lowest BCUT2D eigenvalue weighted by molar-refractivity contribution is 0.483. The molecule has 0 unspecified atom stereocenters. The second-order valence-electron chi connectivity index (χ2n) is 4.54. The van der Waals surface area contributed by atoms with Crippen molar-refractivity contribution < 1.29 is 4.74 Å². The van der Waals surface area contributed by atoms with E-state index in [0.717, 1.165) is 26.9 Å². The number of benzene rings is 3. The molecule has 0 aliphatic rings. The number of alkyl halides is 1. The van der Waals surface area contributed by atoms with Gasteiger partial charge in [-0.3, -0.25) is 0 Å². The molecule has 0 saturated heterocycles. The first kappa shape index (κ1) is 13.5. The first-order chi connectivity index (χ1) is 9.74. The van der Waals surface area contributed by atoms with Crippen LogP contribution in [0.4, 0.5) is 0 Å². The van der Waals surface area contributed by atoms with E-state index in [4.69, 9.17) is 16.3 Å². The molecule has 0 bridgehead atoms. The smallest absolute Gasteiger partial charge is 0.128 e. The van der Waals surface area contributed by atoms with Gasteiger partial charge in [0.05, 0.1) is 0 Å². The highest BCUT2D eigenvalue weighted by molar-refractivity contribution is 9.10. The van der Waals surface area contributed by atoms with E-state index in [9.17, 15) is 0 Å². The van der Waals surface area contributed by atoms with E-state index in [1.807, 2.05) is 42.5 Å². The van der Waals surface area contributed by atoms with Crippen LogP contribution in [0.2, 0.25) is 0 Å². The average molecular weight is 348 g/mol. The predicted molar refractivity (Wildman–Crippen MR) is 87.7 cm³/mol. The second-order valence-corrected chi connectivity index (χ2v) is 5.72. The van der Waals surface area contributed by atoms with E-state index >= 15 is 0 Å². The molecule has 0 N–H and O–H groups in total. The minimum atomic E-state index is 0.489. The van der Waals surface area contributed by atoms with Crippen LogP contribution in [0.3, 0.4) is 0 Å². The van der Waals surface area contributed by atoms with Gasteiger partial charge in [0, 0.05) is 10.4 Å². The predicted octanol–water partition coefficient (Wildman–Crippen LogP) is 6.13. The normalized spacial score (nSPS) is 10.7. The molecule has 0 radical (unpaired) electrons. The summed E-state index contributed by atoms with van der Waals surface area (Å²) in [5.74, 6) is 2.12. The summed E-state index contributed by atoms with van der Waals surface area (Å²) in [4.78, 5) is 0. The van der Waals surface area contributed by atoms with Crippen molar-refractivity contribution in [1.29, 1.82) is 0 Å². The SMILES string of the molecule is ClCc1cccc(Oc2ccc3cc(Br)ccc3c2)c1. The summed E-state index contributed by atoms with van der Waals surface area (Å²) in [7, 11) is 0. The molecule has 0 amide bonds. The summed E-state index contributed by atoms with van der Waals surface area (Å²) in [6.07, 6.45) is 0. The number of hydrogen-bond donors (Lipinski definition) is 0. The lowest BCUT2D eigenvalue weighted by Gasteiger charge is -2.08. The van der Waals surface area contributed by atoms with Crippen molar-refractivity contribution in [2.75, 3.05) is 0 Å². The van der Waals surface area contributed by atoms with E-state index in [1.54, 1.807) is 0 Å². The third-order valence-corrected chi connectivity index (χ3v) is 3.86. The van der Waals surface area contributed by atoms with Gasteiger partial charge in [0.15, 0.2) is 0 Å². The quantitative estimate of drug-likeness (QED) is 0.518. The second kappa shape index (κ2) is 5.86. The van der Waals surface area contributed by atoms with Crippen LogP contribution in [0.25, 0.3) is 10.8 Å². The van der Waals surface area contributed by atoms with E-state index < -0.39 is 0 Å². The van der Waals surface area contributed by atoms with Crippen LogP contribution in [0.5, 0.6) is 11.5 Å². The van der Waals surface area contributed by atoms with Gasteiger partial charge < -0.3 is 4.74 Å². The number of rotatable bonds is 3. The van der Waals surface area contributed by atoms with Gasteiger partial charge in [0.1, 0.15) is 11.5 Å². The molecular weight excluding hydrogens is 336 g/mol. The summed E-state index contributed by atoms with van der Waals surface area (Å²) in [6, 6.07) is 20.1. The minimum absolute atomic E-state index is 0.489.